The van der Waals surface area contributed by atoms with Crippen LogP contribution in [0.25, 0.3) is 0 Å². The Morgan fingerprint density at radius 3 is 2.74 bits per heavy atom. The van der Waals surface area contributed by atoms with E-state index in [-0.39, 0.29) is 29.5 Å². The summed E-state index contributed by atoms with van der Waals surface area (Å²) in [4.78, 5) is 23.9. The van der Waals surface area contributed by atoms with Gasteiger partial charge in [-0.1, -0.05) is 6.07 Å². The van der Waals surface area contributed by atoms with E-state index in [4.69, 9.17) is 16.3 Å². The van der Waals surface area contributed by atoms with Gasteiger partial charge in [-0.2, -0.15) is 0 Å². The topological polar surface area (TPSA) is 72.7 Å². The van der Waals surface area contributed by atoms with Gasteiger partial charge in [0, 0.05) is 25.5 Å². The number of benzene rings is 1. The van der Waals surface area contributed by atoms with Crippen LogP contribution in [-0.2, 0) is 0 Å². The average Bonchev–Trinajstić information content (AvgIpc) is 2.38. The van der Waals surface area contributed by atoms with Crippen molar-refractivity contribution in [3.63, 3.8) is 0 Å². The number of alkyl halides is 1. The van der Waals surface area contributed by atoms with Gasteiger partial charge >= 0.3 is 5.69 Å². The third kappa shape index (κ3) is 3.57. The first-order chi connectivity index (χ1) is 9.02. The minimum absolute atomic E-state index is 0.00132. The molecule has 1 aromatic rings. The minimum Gasteiger partial charge on any atom is -0.487 e. The number of rotatable bonds is 6. The normalized spacial score (nSPS) is 10.1. The van der Waals surface area contributed by atoms with E-state index in [0.717, 1.165) is 0 Å². The zero-order valence-electron chi connectivity index (χ0n) is 10.8. The summed E-state index contributed by atoms with van der Waals surface area (Å²) in [6.45, 7) is 2.30. The standard InChI is InChI=1S/C12H15ClN2O4/c1-3-19-11-9(12(16)14(2)8-7-13)5-4-6-10(11)15(17)18/h4-6H,3,7-8H2,1-2H3. The van der Waals surface area contributed by atoms with E-state index in [2.05, 4.69) is 0 Å². The van der Waals surface area contributed by atoms with Gasteiger partial charge in [-0.15, -0.1) is 11.6 Å². The molecule has 0 fully saturated rings. The molecule has 7 heteroatoms. The first-order valence-corrected chi connectivity index (χ1v) is 6.28. The number of nitrogens with zero attached hydrogens (tertiary/aromatic N) is 2. The van der Waals surface area contributed by atoms with Crippen molar-refractivity contribution in [1.82, 2.24) is 4.90 Å². The Morgan fingerprint density at radius 1 is 1.53 bits per heavy atom. The Hall–Kier alpha value is -1.82. The Bertz CT molecular complexity index is 479. The van der Waals surface area contributed by atoms with Gasteiger partial charge in [0.25, 0.3) is 5.91 Å². The highest BCUT2D eigenvalue weighted by Gasteiger charge is 2.24. The minimum atomic E-state index is -0.566. The summed E-state index contributed by atoms with van der Waals surface area (Å²) >= 11 is 5.58. The number of hydrogen-bond acceptors (Lipinski definition) is 4. The summed E-state index contributed by atoms with van der Waals surface area (Å²) in [5.41, 5.74) is -0.0457. The van der Waals surface area contributed by atoms with Crippen LogP contribution < -0.4 is 4.74 Å². The van der Waals surface area contributed by atoms with Gasteiger partial charge in [0.05, 0.1) is 17.1 Å². The van der Waals surface area contributed by atoms with Crippen molar-refractivity contribution in [2.75, 3.05) is 26.1 Å². The second-order valence-corrected chi connectivity index (χ2v) is 4.14. The first-order valence-electron chi connectivity index (χ1n) is 5.74. The van der Waals surface area contributed by atoms with Crippen LogP contribution in [0.4, 0.5) is 5.69 Å². The molecule has 1 rings (SSSR count). The fourth-order valence-corrected chi connectivity index (χ4v) is 1.82. The molecule has 0 N–H and O–H groups in total. The molecule has 0 unspecified atom stereocenters. The fourth-order valence-electron chi connectivity index (χ4n) is 1.57. The molecule has 0 saturated heterocycles. The summed E-state index contributed by atoms with van der Waals surface area (Å²) in [7, 11) is 1.58. The molecule has 6 nitrogen and oxygen atoms in total. The molecule has 104 valence electrons. The fraction of sp³-hybridized carbons (Fsp3) is 0.417. The highest BCUT2D eigenvalue weighted by Crippen LogP contribution is 2.31. The molecule has 0 saturated carbocycles. The summed E-state index contributed by atoms with van der Waals surface area (Å²) < 4.78 is 5.26. The molecule has 0 atom stereocenters. The van der Waals surface area contributed by atoms with Crippen molar-refractivity contribution in [2.45, 2.75) is 6.92 Å². The van der Waals surface area contributed by atoms with Crippen molar-refractivity contribution in [3.05, 3.63) is 33.9 Å². The van der Waals surface area contributed by atoms with E-state index in [9.17, 15) is 14.9 Å². The molecule has 1 amide bonds. The zero-order chi connectivity index (χ0) is 14.4. The van der Waals surface area contributed by atoms with Crippen molar-refractivity contribution in [1.29, 1.82) is 0 Å². The SMILES string of the molecule is CCOc1c(C(=O)N(C)CCCl)cccc1[N+](=O)[O-]. The van der Waals surface area contributed by atoms with Crippen LogP contribution >= 0.6 is 11.6 Å². The molecular weight excluding hydrogens is 272 g/mol. The summed E-state index contributed by atoms with van der Waals surface area (Å²) in [6, 6.07) is 4.27. The smallest absolute Gasteiger partial charge is 0.311 e. The quantitative estimate of drug-likeness (QED) is 0.457. The van der Waals surface area contributed by atoms with E-state index in [0.29, 0.717) is 12.4 Å². The number of hydrogen-bond donors (Lipinski definition) is 0. The van der Waals surface area contributed by atoms with Gasteiger partial charge in [0.2, 0.25) is 5.75 Å². The average molecular weight is 287 g/mol. The van der Waals surface area contributed by atoms with Gasteiger partial charge in [0.1, 0.15) is 0 Å². The second-order valence-electron chi connectivity index (χ2n) is 3.76. The number of halogens is 1. The van der Waals surface area contributed by atoms with Crippen LogP contribution in [0, 0.1) is 10.1 Å². The number of ether oxygens (including phenoxy) is 1. The van der Waals surface area contributed by atoms with Crippen LogP contribution in [0.5, 0.6) is 5.75 Å². The van der Waals surface area contributed by atoms with Crippen molar-refractivity contribution in [3.8, 4) is 5.75 Å². The van der Waals surface area contributed by atoms with Crippen LogP contribution in [0.1, 0.15) is 17.3 Å². The zero-order valence-corrected chi connectivity index (χ0v) is 11.5. The highest BCUT2D eigenvalue weighted by atomic mass is 35.5. The van der Waals surface area contributed by atoms with Crippen LogP contribution in [0.2, 0.25) is 0 Å². The lowest BCUT2D eigenvalue weighted by Gasteiger charge is -2.17. The van der Waals surface area contributed by atoms with Crippen molar-refractivity contribution < 1.29 is 14.5 Å². The highest BCUT2D eigenvalue weighted by molar-refractivity contribution is 6.18. The largest absolute Gasteiger partial charge is 0.487 e. The number of nitro groups is 1. The van der Waals surface area contributed by atoms with Gasteiger partial charge in [0.15, 0.2) is 0 Å². The molecule has 0 aromatic heterocycles. The Morgan fingerprint density at radius 2 is 2.21 bits per heavy atom. The lowest BCUT2D eigenvalue weighted by molar-refractivity contribution is -0.385. The maximum atomic E-state index is 12.2. The number of nitro benzene ring substituents is 1. The molecule has 0 aliphatic heterocycles. The van der Waals surface area contributed by atoms with E-state index >= 15 is 0 Å². The van der Waals surface area contributed by atoms with Crippen LogP contribution in [-0.4, -0.2) is 41.8 Å². The van der Waals surface area contributed by atoms with E-state index in [1.165, 1.54) is 23.1 Å². The molecule has 19 heavy (non-hydrogen) atoms. The van der Waals surface area contributed by atoms with Crippen molar-refractivity contribution in [2.24, 2.45) is 0 Å². The number of carbonyl (C=O) groups excluding carboxylic acids is 1. The maximum Gasteiger partial charge on any atom is 0.311 e. The molecule has 0 aliphatic carbocycles. The predicted molar refractivity (Wildman–Crippen MR) is 71.9 cm³/mol. The molecule has 0 aliphatic rings. The summed E-state index contributed by atoms with van der Waals surface area (Å²) in [5, 5.41) is 10.9. The maximum absolute atomic E-state index is 12.2. The number of para-hydroxylation sites is 1. The number of amides is 1. The molecule has 0 radical (unpaired) electrons. The van der Waals surface area contributed by atoms with Crippen LogP contribution in [0.15, 0.2) is 18.2 Å². The van der Waals surface area contributed by atoms with E-state index in [1.54, 1.807) is 14.0 Å². The molecule has 0 bridgehead atoms. The predicted octanol–water partition coefficient (Wildman–Crippen LogP) is 2.30. The Balaban J connectivity index is 3.22. The molecule has 1 aromatic carbocycles. The molecule has 0 spiro atoms. The monoisotopic (exact) mass is 286 g/mol. The summed E-state index contributed by atoms with van der Waals surface area (Å²) in [6.07, 6.45) is 0. The van der Waals surface area contributed by atoms with Crippen molar-refractivity contribution >= 4 is 23.2 Å². The summed E-state index contributed by atoms with van der Waals surface area (Å²) in [5.74, 6) is -0.0598. The molecular formula is C12H15ClN2O4. The van der Waals surface area contributed by atoms with E-state index in [1.807, 2.05) is 0 Å². The first kappa shape index (κ1) is 15.2. The van der Waals surface area contributed by atoms with Gasteiger partial charge in [-0.05, 0) is 13.0 Å². The van der Waals surface area contributed by atoms with E-state index < -0.39 is 4.92 Å². The molecule has 0 heterocycles. The van der Waals surface area contributed by atoms with Gasteiger partial charge < -0.3 is 9.64 Å². The third-order valence-corrected chi connectivity index (χ3v) is 2.65. The number of carbonyl (C=O) groups is 1. The Kier molecular flexibility index (Phi) is 5.57. The Labute approximate surface area is 116 Å². The lowest BCUT2D eigenvalue weighted by Crippen LogP contribution is -2.29. The third-order valence-electron chi connectivity index (χ3n) is 2.48. The van der Waals surface area contributed by atoms with Gasteiger partial charge in [-0.3, -0.25) is 14.9 Å². The van der Waals surface area contributed by atoms with Gasteiger partial charge in [-0.25, -0.2) is 0 Å². The van der Waals surface area contributed by atoms with Crippen LogP contribution in [0.3, 0.4) is 0 Å². The lowest BCUT2D eigenvalue weighted by atomic mass is 10.1. The second kappa shape index (κ2) is 6.94.